The fourth-order valence-electron chi connectivity index (χ4n) is 3.19. The highest BCUT2D eigenvalue weighted by Crippen LogP contribution is 2.21. The fraction of sp³-hybridized carbons (Fsp3) is 0.240. The van der Waals surface area contributed by atoms with Crippen molar-refractivity contribution >= 4 is 18.3 Å². The molecule has 0 spiro atoms. The van der Waals surface area contributed by atoms with Gasteiger partial charge in [-0.1, -0.05) is 72.3 Å². The van der Waals surface area contributed by atoms with Gasteiger partial charge in [0.15, 0.2) is 0 Å². The first-order valence-corrected chi connectivity index (χ1v) is 9.70. The Bertz CT molecular complexity index is 890. The predicted molar refractivity (Wildman–Crippen MR) is 124 cm³/mol. The van der Waals surface area contributed by atoms with Gasteiger partial charge >= 0.3 is 0 Å². The summed E-state index contributed by atoms with van der Waals surface area (Å²) in [6.45, 7) is 2.98. The minimum Gasteiger partial charge on any atom is -0.345 e. The van der Waals surface area contributed by atoms with Crippen LogP contribution < -0.4 is 5.32 Å². The van der Waals surface area contributed by atoms with Crippen LogP contribution in [0.25, 0.3) is 11.1 Å². The molecule has 0 saturated carbocycles. The molecule has 3 nitrogen and oxygen atoms in total. The number of hydrogen-bond acceptors (Lipinski definition) is 2. The maximum Gasteiger partial charge on any atom is 0.251 e. The number of carbonyl (C=O) groups excluding carboxylic acids is 1. The number of rotatable bonds is 7. The normalized spacial score (nSPS) is 11.6. The van der Waals surface area contributed by atoms with Gasteiger partial charge in [-0.2, -0.15) is 0 Å². The predicted octanol–water partition coefficient (Wildman–Crippen LogP) is 5.51. The maximum atomic E-state index is 12.9. The highest BCUT2D eigenvalue weighted by Gasteiger charge is 2.16. The van der Waals surface area contributed by atoms with Crippen LogP contribution in [0.4, 0.5) is 0 Å². The third kappa shape index (κ3) is 6.45. The number of amides is 1. The van der Waals surface area contributed by atoms with Crippen LogP contribution in [0, 0.1) is 6.92 Å². The molecule has 0 aliphatic heterocycles. The lowest BCUT2D eigenvalue weighted by molar-refractivity contribution is 0.0932. The minimum atomic E-state index is -0.0380. The van der Waals surface area contributed by atoms with Crippen LogP contribution in [0.2, 0.25) is 0 Å². The molecule has 3 aromatic rings. The Hall–Kier alpha value is -2.62. The monoisotopic (exact) mass is 408 g/mol. The second-order valence-corrected chi connectivity index (χ2v) is 7.47. The number of nitrogens with zero attached hydrogens (tertiary/aromatic N) is 1. The average Bonchev–Trinajstić information content (AvgIpc) is 2.72. The third-order valence-corrected chi connectivity index (χ3v) is 4.90. The Morgan fingerprint density at radius 3 is 2.03 bits per heavy atom. The van der Waals surface area contributed by atoms with Crippen molar-refractivity contribution in [1.29, 1.82) is 0 Å². The average molecular weight is 409 g/mol. The highest BCUT2D eigenvalue weighted by atomic mass is 35.5. The van der Waals surface area contributed by atoms with Gasteiger partial charge < -0.3 is 10.2 Å². The van der Waals surface area contributed by atoms with E-state index in [2.05, 4.69) is 67.6 Å². The minimum absolute atomic E-state index is 0. The van der Waals surface area contributed by atoms with Gasteiger partial charge in [0.25, 0.3) is 5.91 Å². The quantitative estimate of drug-likeness (QED) is 0.559. The lowest BCUT2D eigenvalue weighted by Gasteiger charge is -2.21. The summed E-state index contributed by atoms with van der Waals surface area (Å²) in [6.07, 6.45) is 0.865. The Morgan fingerprint density at radius 2 is 1.45 bits per heavy atom. The molecule has 1 amide bonds. The summed E-state index contributed by atoms with van der Waals surface area (Å²) < 4.78 is 0. The molecule has 0 fully saturated rings. The number of halogens is 1. The second kappa shape index (κ2) is 10.8. The summed E-state index contributed by atoms with van der Waals surface area (Å²) in [7, 11) is 4.10. The van der Waals surface area contributed by atoms with E-state index >= 15 is 0 Å². The smallest absolute Gasteiger partial charge is 0.251 e. The largest absolute Gasteiger partial charge is 0.345 e. The number of carbonyl (C=O) groups is 1. The summed E-state index contributed by atoms with van der Waals surface area (Å²) in [5.74, 6) is -0.0380. The third-order valence-electron chi connectivity index (χ3n) is 4.90. The summed E-state index contributed by atoms with van der Waals surface area (Å²) in [6, 6.07) is 26.4. The van der Waals surface area contributed by atoms with Gasteiger partial charge in [-0.25, -0.2) is 0 Å². The summed E-state index contributed by atoms with van der Waals surface area (Å²) in [5, 5.41) is 3.22. The SMILES string of the molecule is Cc1ccc(C(CCN(C)C)NC(=O)c2ccc(-c3ccccc3)cc2)cc1.Cl. The number of benzene rings is 3. The summed E-state index contributed by atoms with van der Waals surface area (Å²) >= 11 is 0. The van der Waals surface area contributed by atoms with Gasteiger partial charge in [0.05, 0.1) is 6.04 Å². The molecule has 1 N–H and O–H groups in total. The highest BCUT2D eigenvalue weighted by molar-refractivity contribution is 5.95. The first kappa shape index (κ1) is 22.7. The van der Waals surface area contributed by atoms with E-state index in [0.29, 0.717) is 5.56 Å². The molecule has 0 heterocycles. The zero-order chi connectivity index (χ0) is 19.9. The van der Waals surface area contributed by atoms with Crippen LogP contribution in [0.1, 0.15) is 33.9 Å². The van der Waals surface area contributed by atoms with Crippen LogP contribution in [0.3, 0.4) is 0 Å². The molecule has 152 valence electrons. The van der Waals surface area contributed by atoms with Crippen LogP contribution in [0.5, 0.6) is 0 Å². The first-order valence-electron chi connectivity index (χ1n) is 9.70. The molecule has 0 aliphatic rings. The Morgan fingerprint density at radius 1 is 0.862 bits per heavy atom. The topological polar surface area (TPSA) is 32.3 Å². The molecule has 4 heteroatoms. The van der Waals surface area contributed by atoms with Crippen molar-refractivity contribution in [2.45, 2.75) is 19.4 Å². The molecule has 29 heavy (non-hydrogen) atoms. The molecule has 0 aromatic heterocycles. The standard InChI is InChI=1S/C25H28N2O.ClH/c1-19-9-11-22(12-10-19)24(17-18-27(2)3)26-25(28)23-15-13-21(14-16-23)20-7-5-4-6-8-20;/h4-16,24H,17-18H2,1-3H3,(H,26,28);1H. The molecule has 0 aliphatic carbocycles. The van der Waals surface area contributed by atoms with Gasteiger partial charge in [-0.3, -0.25) is 4.79 Å². The van der Waals surface area contributed by atoms with E-state index in [9.17, 15) is 4.79 Å². The second-order valence-electron chi connectivity index (χ2n) is 7.47. The van der Waals surface area contributed by atoms with Crippen LogP contribution in [-0.2, 0) is 0 Å². The van der Waals surface area contributed by atoms with Gasteiger partial charge in [0.1, 0.15) is 0 Å². The zero-order valence-corrected chi connectivity index (χ0v) is 18.1. The van der Waals surface area contributed by atoms with Gasteiger partial charge in [-0.05, 0) is 62.8 Å². The first-order chi connectivity index (χ1) is 13.5. The Balaban J connectivity index is 0.00000300. The maximum absolute atomic E-state index is 12.9. The van der Waals surface area contributed by atoms with E-state index in [1.54, 1.807) is 0 Å². The van der Waals surface area contributed by atoms with E-state index in [-0.39, 0.29) is 24.4 Å². The molecule has 3 aromatic carbocycles. The molecule has 1 unspecified atom stereocenters. The molecule has 0 radical (unpaired) electrons. The Kier molecular flexibility index (Phi) is 8.44. The molecule has 1 atom stereocenters. The van der Waals surface area contributed by atoms with Gasteiger partial charge in [-0.15, -0.1) is 12.4 Å². The van der Waals surface area contributed by atoms with Crippen molar-refractivity contribution in [3.63, 3.8) is 0 Å². The number of nitrogens with one attached hydrogen (secondary N) is 1. The fourth-order valence-corrected chi connectivity index (χ4v) is 3.19. The van der Waals surface area contributed by atoms with Crippen LogP contribution in [-0.4, -0.2) is 31.4 Å². The van der Waals surface area contributed by atoms with Crippen molar-refractivity contribution in [3.8, 4) is 11.1 Å². The molecule has 0 bridgehead atoms. The lowest BCUT2D eigenvalue weighted by Crippen LogP contribution is -2.31. The van der Waals surface area contributed by atoms with Crippen molar-refractivity contribution in [2.75, 3.05) is 20.6 Å². The van der Waals surface area contributed by atoms with E-state index in [1.807, 2.05) is 42.5 Å². The number of hydrogen-bond donors (Lipinski definition) is 1. The van der Waals surface area contributed by atoms with Crippen molar-refractivity contribution < 1.29 is 4.79 Å². The van der Waals surface area contributed by atoms with E-state index < -0.39 is 0 Å². The van der Waals surface area contributed by atoms with Gasteiger partial charge in [0.2, 0.25) is 0 Å². The summed E-state index contributed by atoms with van der Waals surface area (Å²) in [4.78, 5) is 15.0. The molecular weight excluding hydrogens is 380 g/mol. The molecule has 3 rings (SSSR count). The zero-order valence-electron chi connectivity index (χ0n) is 17.3. The Labute approximate surface area is 180 Å². The van der Waals surface area contributed by atoms with E-state index in [0.717, 1.165) is 29.7 Å². The van der Waals surface area contributed by atoms with E-state index in [4.69, 9.17) is 0 Å². The van der Waals surface area contributed by atoms with Crippen molar-refractivity contribution in [3.05, 3.63) is 95.6 Å². The summed E-state index contributed by atoms with van der Waals surface area (Å²) in [5.41, 5.74) is 5.30. The van der Waals surface area contributed by atoms with Crippen LogP contribution >= 0.6 is 12.4 Å². The van der Waals surface area contributed by atoms with E-state index in [1.165, 1.54) is 5.56 Å². The van der Waals surface area contributed by atoms with Crippen LogP contribution in [0.15, 0.2) is 78.9 Å². The number of aryl methyl sites for hydroxylation is 1. The molecule has 0 saturated heterocycles. The van der Waals surface area contributed by atoms with Crippen molar-refractivity contribution in [2.24, 2.45) is 0 Å². The van der Waals surface area contributed by atoms with Crippen molar-refractivity contribution in [1.82, 2.24) is 10.2 Å². The lowest BCUT2D eigenvalue weighted by atomic mass is 10.0. The molecular formula is C25H29ClN2O. The van der Waals surface area contributed by atoms with Gasteiger partial charge in [0, 0.05) is 5.56 Å².